The van der Waals surface area contributed by atoms with E-state index in [-0.39, 0.29) is 36.8 Å². The van der Waals surface area contributed by atoms with Crippen molar-refractivity contribution in [3.63, 3.8) is 0 Å². The lowest BCUT2D eigenvalue weighted by molar-refractivity contribution is 0.0773. The van der Waals surface area contributed by atoms with Crippen LogP contribution < -0.4 is 0 Å². The van der Waals surface area contributed by atoms with E-state index in [4.69, 9.17) is 4.98 Å². The molecule has 1 saturated heterocycles. The Kier molecular flexibility index (Phi) is 10.7. The SMILES string of the molecule is CCN(CC)C(=O)c1ccc(C(c2cccc3cccnc23)N2CCN(Cc3ncc[nH]3)CC2)cc1.Cl.Cl. The minimum atomic E-state index is 0. The summed E-state index contributed by atoms with van der Waals surface area (Å²) in [4.78, 5) is 32.1. The number of benzene rings is 2. The van der Waals surface area contributed by atoms with Gasteiger partial charge in [0.25, 0.3) is 5.91 Å². The first-order chi connectivity index (χ1) is 17.7. The second-order valence-electron chi connectivity index (χ2n) is 9.27. The van der Waals surface area contributed by atoms with E-state index in [2.05, 4.69) is 56.2 Å². The summed E-state index contributed by atoms with van der Waals surface area (Å²) < 4.78 is 0. The highest BCUT2D eigenvalue weighted by atomic mass is 35.5. The van der Waals surface area contributed by atoms with Crippen molar-refractivity contribution in [3.8, 4) is 0 Å². The molecular formula is C29H36Cl2N6O. The number of fused-ring (bicyclic) bond motifs is 1. The molecule has 4 aromatic rings. The minimum Gasteiger partial charge on any atom is -0.348 e. The Hall–Kier alpha value is -2.97. The summed E-state index contributed by atoms with van der Waals surface area (Å²) in [6, 6.07) is 18.8. The van der Waals surface area contributed by atoms with Crippen LogP contribution in [0.15, 0.2) is 73.2 Å². The summed E-state index contributed by atoms with van der Waals surface area (Å²) in [6.07, 6.45) is 5.56. The van der Waals surface area contributed by atoms with Gasteiger partial charge < -0.3 is 9.88 Å². The highest BCUT2D eigenvalue weighted by Crippen LogP contribution is 2.34. The van der Waals surface area contributed by atoms with Gasteiger partial charge >= 0.3 is 0 Å². The lowest BCUT2D eigenvalue weighted by Crippen LogP contribution is -2.47. The Morgan fingerprint density at radius 1 is 0.921 bits per heavy atom. The molecule has 1 aliphatic heterocycles. The Bertz CT molecular complexity index is 1280. The molecule has 2 aromatic carbocycles. The van der Waals surface area contributed by atoms with E-state index in [0.29, 0.717) is 13.1 Å². The van der Waals surface area contributed by atoms with Gasteiger partial charge in [0.05, 0.1) is 18.1 Å². The standard InChI is InChI=1S/C29H34N6O.2ClH/c1-3-34(4-2)29(36)24-12-10-23(11-13-24)28(25-9-5-7-22-8-6-14-32-27(22)25)35-19-17-33(18-20-35)21-26-30-15-16-31-26;;/h5-16,28H,3-4,17-21H2,1-2H3,(H,30,31);2*1H. The van der Waals surface area contributed by atoms with Crippen molar-refractivity contribution in [3.05, 3.63) is 95.7 Å². The molecule has 0 bridgehead atoms. The average Bonchev–Trinajstić information content (AvgIpc) is 3.44. The molecule has 7 nitrogen and oxygen atoms in total. The molecule has 5 rings (SSSR count). The number of nitrogens with one attached hydrogen (secondary N) is 1. The minimum absolute atomic E-state index is 0. The fraction of sp³-hybridized carbons (Fsp3) is 0.345. The molecule has 9 heteroatoms. The van der Waals surface area contributed by atoms with E-state index in [1.54, 1.807) is 0 Å². The second kappa shape index (κ2) is 13.7. The van der Waals surface area contributed by atoms with E-state index in [9.17, 15) is 4.79 Å². The van der Waals surface area contributed by atoms with Gasteiger partial charge in [0, 0.05) is 74.4 Å². The van der Waals surface area contributed by atoms with Gasteiger partial charge in [-0.25, -0.2) is 4.98 Å². The Balaban J connectivity index is 0.00000200. The van der Waals surface area contributed by atoms with Crippen LogP contribution in [0.1, 0.15) is 47.2 Å². The van der Waals surface area contributed by atoms with E-state index in [0.717, 1.165) is 55.0 Å². The number of nitrogens with zero attached hydrogens (tertiary/aromatic N) is 5. The summed E-state index contributed by atoms with van der Waals surface area (Å²) in [7, 11) is 0. The quantitative estimate of drug-likeness (QED) is 0.324. The smallest absolute Gasteiger partial charge is 0.253 e. The van der Waals surface area contributed by atoms with E-state index in [1.807, 2.05) is 55.5 Å². The summed E-state index contributed by atoms with van der Waals surface area (Å²) in [5.74, 6) is 1.09. The number of amides is 1. The number of carbonyl (C=O) groups is 1. The lowest BCUT2D eigenvalue weighted by Gasteiger charge is -2.39. The molecule has 0 aliphatic carbocycles. The van der Waals surface area contributed by atoms with Crippen LogP contribution in [0.2, 0.25) is 0 Å². The summed E-state index contributed by atoms with van der Waals surface area (Å²) in [6.45, 7) is 10.1. The number of H-pyrrole nitrogens is 1. The van der Waals surface area contributed by atoms with Gasteiger partial charge in [-0.1, -0.05) is 36.4 Å². The first-order valence-electron chi connectivity index (χ1n) is 12.9. The van der Waals surface area contributed by atoms with Crippen molar-refractivity contribution in [2.45, 2.75) is 26.4 Å². The number of aromatic nitrogens is 3. The molecule has 0 radical (unpaired) electrons. The summed E-state index contributed by atoms with van der Waals surface area (Å²) in [5.41, 5.74) is 4.16. The second-order valence-corrected chi connectivity index (χ2v) is 9.27. The maximum absolute atomic E-state index is 12.9. The topological polar surface area (TPSA) is 68.4 Å². The van der Waals surface area contributed by atoms with Gasteiger partial charge in [-0.15, -0.1) is 24.8 Å². The van der Waals surface area contributed by atoms with Gasteiger partial charge in [-0.05, 0) is 37.6 Å². The van der Waals surface area contributed by atoms with Crippen molar-refractivity contribution in [1.82, 2.24) is 29.7 Å². The van der Waals surface area contributed by atoms with Gasteiger partial charge in [0.15, 0.2) is 0 Å². The van der Waals surface area contributed by atoms with Crippen LogP contribution in [0, 0.1) is 0 Å². The molecule has 1 amide bonds. The third kappa shape index (κ3) is 6.35. The normalized spacial score (nSPS) is 14.9. The fourth-order valence-corrected chi connectivity index (χ4v) is 5.21. The molecule has 0 spiro atoms. The first kappa shape index (κ1) is 29.6. The van der Waals surface area contributed by atoms with E-state index >= 15 is 0 Å². The molecule has 2 aromatic heterocycles. The average molecular weight is 556 g/mol. The van der Waals surface area contributed by atoms with Gasteiger partial charge in [-0.2, -0.15) is 0 Å². The van der Waals surface area contributed by atoms with Crippen LogP contribution in [0.5, 0.6) is 0 Å². The van der Waals surface area contributed by atoms with Crippen molar-refractivity contribution < 1.29 is 4.79 Å². The number of hydrogen-bond donors (Lipinski definition) is 1. The molecule has 1 unspecified atom stereocenters. The number of carbonyl (C=O) groups excluding carboxylic acids is 1. The third-order valence-electron chi connectivity index (χ3n) is 7.18. The van der Waals surface area contributed by atoms with Crippen LogP contribution in [-0.2, 0) is 6.54 Å². The van der Waals surface area contributed by atoms with Gasteiger partial charge in [-0.3, -0.25) is 19.6 Å². The predicted molar refractivity (Wildman–Crippen MR) is 157 cm³/mol. The summed E-state index contributed by atoms with van der Waals surface area (Å²) in [5, 5.41) is 1.14. The monoisotopic (exact) mass is 554 g/mol. The number of piperazine rings is 1. The largest absolute Gasteiger partial charge is 0.348 e. The number of imidazole rings is 1. The number of para-hydroxylation sites is 1. The molecule has 202 valence electrons. The van der Waals surface area contributed by atoms with Crippen LogP contribution in [0.4, 0.5) is 0 Å². The Morgan fingerprint density at radius 3 is 2.29 bits per heavy atom. The van der Waals surface area contributed by atoms with Crippen molar-refractivity contribution in [2.24, 2.45) is 0 Å². The zero-order valence-corrected chi connectivity index (χ0v) is 23.5. The molecule has 1 N–H and O–H groups in total. The molecule has 1 atom stereocenters. The third-order valence-corrected chi connectivity index (χ3v) is 7.18. The number of rotatable bonds is 8. The maximum atomic E-state index is 12.9. The van der Waals surface area contributed by atoms with Gasteiger partial charge in [0.1, 0.15) is 5.82 Å². The Labute approximate surface area is 237 Å². The number of aromatic amines is 1. The molecule has 3 heterocycles. The molecular weight excluding hydrogens is 519 g/mol. The van der Waals surface area contributed by atoms with Crippen LogP contribution in [-0.4, -0.2) is 74.8 Å². The number of hydrogen-bond acceptors (Lipinski definition) is 5. The fourth-order valence-electron chi connectivity index (χ4n) is 5.21. The number of pyridine rings is 1. The van der Waals surface area contributed by atoms with Crippen molar-refractivity contribution in [2.75, 3.05) is 39.3 Å². The van der Waals surface area contributed by atoms with E-state index < -0.39 is 0 Å². The van der Waals surface area contributed by atoms with Crippen molar-refractivity contribution in [1.29, 1.82) is 0 Å². The van der Waals surface area contributed by atoms with Gasteiger partial charge in [0.2, 0.25) is 0 Å². The maximum Gasteiger partial charge on any atom is 0.253 e. The molecule has 38 heavy (non-hydrogen) atoms. The lowest BCUT2D eigenvalue weighted by atomic mass is 9.93. The molecule has 1 fully saturated rings. The summed E-state index contributed by atoms with van der Waals surface area (Å²) >= 11 is 0. The van der Waals surface area contributed by atoms with E-state index in [1.165, 1.54) is 11.1 Å². The zero-order chi connectivity index (χ0) is 24.9. The zero-order valence-electron chi connectivity index (χ0n) is 21.9. The van der Waals surface area contributed by atoms with Crippen molar-refractivity contribution >= 4 is 41.6 Å². The van der Waals surface area contributed by atoms with Crippen LogP contribution >= 0.6 is 24.8 Å². The van der Waals surface area contributed by atoms with Crippen LogP contribution in [0.25, 0.3) is 10.9 Å². The van der Waals surface area contributed by atoms with Crippen LogP contribution in [0.3, 0.4) is 0 Å². The highest BCUT2D eigenvalue weighted by molar-refractivity contribution is 5.94. The predicted octanol–water partition coefficient (Wildman–Crippen LogP) is 5.19. The Morgan fingerprint density at radius 2 is 1.63 bits per heavy atom. The molecule has 0 saturated carbocycles. The molecule has 1 aliphatic rings. The number of halogens is 2. The first-order valence-corrected chi connectivity index (χ1v) is 12.9. The highest BCUT2D eigenvalue weighted by Gasteiger charge is 2.28.